The molecule has 1 amide bonds. The summed E-state index contributed by atoms with van der Waals surface area (Å²) in [6.45, 7) is 1.92. The van der Waals surface area contributed by atoms with Gasteiger partial charge in [0.1, 0.15) is 0 Å². The van der Waals surface area contributed by atoms with Crippen molar-refractivity contribution < 1.29 is 9.53 Å². The summed E-state index contributed by atoms with van der Waals surface area (Å²) >= 11 is 0. The molecule has 0 spiro atoms. The lowest BCUT2D eigenvalue weighted by molar-refractivity contribution is -0.124. The van der Waals surface area contributed by atoms with Crippen LogP contribution < -0.4 is 16.0 Å². The Balaban J connectivity index is 0.00000242. The second-order valence-corrected chi connectivity index (χ2v) is 5.76. The Bertz CT molecular complexity index is 480. The quantitative estimate of drug-likeness (QED) is 0.838. The number of halogens is 2. The highest BCUT2D eigenvalue weighted by Crippen LogP contribution is 2.18. The minimum atomic E-state index is -0.439. The number of carbonyl (C=O) groups is 1. The van der Waals surface area contributed by atoms with Crippen molar-refractivity contribution in [2.24, 2.45) is 11.7 Å². The molecule has 0 aromatic heterocycles. The van der Waals surface area contributed by atoms with Gasteiger partial charge in [0.2, 0.25) is 5.91 Å². The van der Waals surface area contributed by atoms with E-state index in [1.54, 1.807) is 0 Å². The highest BCUT2D eigenvalue weighted by molar-refractivity contribution is 5.85. The average Bonchev–Trinajstić information content (AvgIpc) is 2.53. The topological polar surface area (TPSA) is 67.6 Å². The van der Waals surface area contributed by atoms with Crippen LogP contribution in [-0.2, 0) is 16.1 Å². The number of anilines is 1. The zero-order chi connectivity index (χ0) is 15.2. The molecule has 0 radical (unpaired) electrons. The number of carbonyl (C=O) groups excluding carboxylic acids is 1. The van der Waals surface area contributed by atoms with Gasteiger partial charge in [-0.15, -0.1) is 24.8 Å². The summed E-state index contributed by atoms with van der Waals surface area (Å²) in [5.41, 5.74) is 8.26. The van der Waals surface area contributed by atoms with Gasteiger partial charge in [-0.05, 0) is 36.5 Å². The van der Waals surface area contributed by atoms with Gasteiger partial charge in [0, 0.05) is 39.5 Å². The van der Waals surface area contributed by atoms with Gasteiger partial charge in [0.05, 0.1) is 6.04 Å². The van der Waals surface area contributed by atoms with Crippen LogP contribution in [0.3, 0.4) is 0 Å². The van der Waals surface area contributed by atoms with E-state index in [4.69, 9.17) is 10.5 Å². The monoisotopic (exact) mass is 363 g/mol. The SMILES string of the molecule is CN(C)c1cccc(CNC(=O)C(N)C2CCOCC2)c1.Cl.Cl. The Morgan fingerprint density at radius 3 is 2.61 bits per heavy atom. The summed E-state index contributed by atoms with van der Waals surface area (Å²) in [6.07, 6.45) is 1.73. The van der Waals surface area contributed by atoms with Crippen molar-refractivity contribution in [3.63, 3.8) is 0 Å². The molecule has 23 heavy (non-hydrogen) atoms. The van der Waals surface area contributed by atoms with Crippen LogP contribution in [0, 0.1) is 5.92 Å². The van der Waals surface area contributed by atoms with Gasteiger partial charge < -0.3 is 20.7 Å². The normalized spacial score (nSPS) is 15.8. The van der Waals surface area contributed by atoms with E-state index in [-0.39, 0.29) is 36.6 Å². The fraction of sp³-hybridized carbons (Fsp3) is 0.562. The van der Waals surface area contributed by atoms with E-state index >= 15 is 0 Å². The first kappa shape index (κ1) is 22.0. The number of hydrogen-bond acceptors (Lipinski definition) is 4. The zero-order valence-electron chi connectivity index (χ0n) is 13.7. The molecule has 1 aliphatic heterocycles. The van der Waals surface area contributed by atoms with E-state index in [2.05, 4.69) is 11.4 Å². The van der Waals surface area contributed by atoms with E-state index in [0.717, 1.165) is 24.1 Å². The largest absolute Gasteiger partial charge is 0.381 e. The Labute approximate surface area is 150 Å². The van der Waals surface area contributed by atoms with Crippen LogP contribution in [-0.4, -0.2) is 39.3 Å². The van der Waals surface area contributed by atoms with Gasteiger partial charge in [-0.2, -0.15) is 0 Å². The minimum Gasteiger partial charge on any atom is -0.381 e. The number of benzene rings is 1. The second kappa shape index (κ2) is 10.7. The second-order valence-electron chi connectivity index (χ2n) is 5.76. The number of ether oxygens (including phenoxy) is 1. The number of rotatable bonds is 5. The zero-order valence-corrected chi connectivity index (χ0v) is 15.3. The highest BCUT2D eigenvalue weighted by atomic mass is 35.5. The Hall–Kier alpha value is -1.01. The van der Waals surface area contributed by atoms with Gasteiger partial charge in [-0.25, -0.2) is 0 Å². The summed E-state index contributed by atoms with van der Waals surface area (Å²) in [5, 5.41) is 2.94. The molecule has 1 heterocycles. The number of amides is 1. The Morgan fingerprint density at radius 1 is 1.35 bits per heavy atom. The van der Waals surface area contributed by atoms with E-state index < -0.39 is 6.04 Å². The average molecular weight is 364 g/mol. The predicted octanol–water partition coefficient (Wildman–Crippen LogP) is 1.97. The van der Waals surface area contributed by atoms with E-state index in [1.807, 2.05) is 37.2 Å². The number of nitrogens with zero attached hydrogens (tertiary/aromatic N) is 1. The lowest BCUT2D eigenvalue weighted by atomic mass is 9.92. The highest BCUT2D eigenvalue weighted by Gasteiger charge is 2.26. The van der Waals surface area contributed by atoms with E-state index in [1.165, 1.54) is 0 Å². The molecule has 1 aromatic rings. The summed E-state index contributed by atoms with van der Waals surface area (Å²) in [5.74, 6) is 0.156. The summed E-state index contributed by atoms with van der Waals surface area (Å²) in [7, 11) is 4.00. The third-order valence-corrected chi connectivity index (χ3v) is 3.97. The van der Waals surface area contributed by atoms with Crippen molar-refractivity contribution in [1.82, 2.24) is 5.32 Å². The lowest BCUT2D eigenvalue weighted by Crippen LogP contribution is -2.46. The molecule has 0 saturated carbocycles. The lowest BCUT2D eigenvalue weighted by Gasteiger charge is -2.26. The molecule has 1 fully saturated rings. The van der Waals surface area contributed by atoms with Gasteiger partial charge in [-0.3, -0.25) is 4.79 Å². The molecule has 3 N–H and O–H groups in total. The van der Waals surface area contributed by atoms with Crippen LogP contribution >= 0.6 is 24.8 Å². The third-order valence-electron chi connectivity index (χ3n) is 3.97. The van der Waals surface area contributed by atoms with Gasteiger partial charge >= 0.3 is 0 Å². The summed E-state index contributed by atoms with van der Waals surface area (Å²) < 4.78 is 5.30. The molecule has 5 nitrogen and oxygen atoms in total. The first-order valence-electron chi connectivity index (χ1n) is 7.45. The number of nitrogens with two attached hydrogens (primary N) is 1. The maximum absolute atomic E-state index is 12.1. The first-order chi connectivity index (χ1) is 10.1. The van der Waals surface area contributed by atoms with Crippen molar-refractivity contribution >= 4 is 36.4 Å². The van der Waals surface area contributed by atoms with Crippen molar-refractivity contribution in [2.75, 3.05) is 32.2 Å². The molecule has 1 atom stereocenters. The van der Waals surface area contributed by atoms with Crippen LogP contribution in [0.4, 0.5) is 5.69 Å². The van der Waals surface area contributed by atoms with Gasteiger partial charge in [0.25, 0.3) is 0 Å². The molecule has 7 heteroatoms. The third kappa shape index (κ3) is 6.55. The molecular formula is C16H27Cl2N3O2. The molecule has 1 unspecified atom stereocenters. The van der Waals surface area contributed by atoms with Gasteiger partial charge in [0.15, 0.2) is 0 Å². The van der Waals surface area contributed by atoms with Crippen LogP contribution in [0.5, 0.6) is 0 Å². The van der Waals surface area contributed by atoms with Crippen molar-refractivity contribution in [3.05, 3.63) is 29.8 Å². The maximum Gasteiger partial charge on any atom is 0.237 e. The smallest absolute Gasteiger partial charge is 0.237 e. The molecule has 1 aromatic carbocycles. The standard InChI is InChI=1S/C16H25N3O2.2ClH/c1-19(2)14-5-3-4-12(10-14)11-18-16(20)15(17)13-6-8-21-9-7-13;;/h3-5,10,13,15H,6-9,11,17H2,1-2H3,(H,18,20);2*1H. The van der Waals surface area contributed by atoms with Crippen molar-refractivity contribution in [3.8, 4) is 0 Å². The fourth-order valence-electron chi connectivity index (χ4n) is 2.54. The molecule has 0 aliphatic carbocycles. The summed E-state index contributed by atoms with van der Waals surface area (Å²) in [4.78, 5) is 14.2. The van der Waals surface area contributed by atoms with E-state index in [9.17, 15) is 4.79 Å². The first-order valence-corrected chi connectivity index (χ1v) is 7.45. The fourth-order valence-corrected chi connectivity index (χ4v) is 2.54. The Kier molecular flexibility index (Phi) is 10.2. The van der Waals surface area contributed by atoms with Crippen molar-refractivity contribution in [1.29, 1.82) is 0 Å². The number of nitrogens with one attached hydrogen (secondary N) is 1. The van der Waals surface area contributed by atoms with Crippen LogP contribution in [0.1, 0.15) is 18.4 Å². The maximum atomic E-state index is 12.1. The van der Waals surface area contributed by atoms with Crippen molar-refractivity contribution in [2.45, 2.75) is 25.4 Å². The molecule has 132 valence electrons. The molecular weight excluding hydrogens is 337 g/mol. The number of hydrogen-bond donors (Lipinski definition) is 2. The Morgan fingerprint density at radius 2 is 2.00 bits per heavy atom. The summed E-state index contributed by atoms with van der Waals surface area (Å²) in [6, 6.07) is 7.67. The van der Waals surface area contributed by atoms with Crippen LogP contribution in [0.25, 0.3) is 0 Å². The van der Waals surface area contributed by atoms with Gasteiger partial charge in [-0.1, -0.05) is 12.1 Å². The van der Waals surface area contributed by atoms with E-state index in [0.29, 0.717) is 19.8 Å². The van der Waals surface area contributed by atoms with Crippen LogP contribution in [0.2, 0.25) is 0 Å². The molecule has 0 bridgehead atoms. The molecule has 1 aliphatic rings. The minimum absolute atomic E-state index is 0. The predicted molar refractivity (Wildman–Crippen MR) is 98.6 cm³/mol. The molecule has 2 rings (SSSR count). The van der Waals surface area contributed by atoms with Crippen LogP contribution in [0.15, 0.2) is 24.3 Å². The molecule has 1 saturated heterocycles.